The second-order valence-electron chi connectivity index (χ2n) is 2.98. The fraction of sp³-hybridized carbons (Fsp3) is 0.556. The van der Waals surface area contributed by atoms with Gasteiger partial charge in [0.1, 0.15) is 5.82 Å². The second-order valence-corrected chi connectivity index (χ2v) is 2.98. The van der Waals surface area contributed by atoms with E-state index >= 15 is 0 Å². The van der Waals surface area contributed by atoms with Gasteiger partial charge in [-0.1, -0.05) is 0 Å². The molecule has 5 nitrogen and oxygen atoms in total. The van der Waals surface area contributed by atoms with Crippen molar-refractivity contribution in [3.05, 3.63) is 18.1 Å². The molecule has 0 aliphatic rings. The van der Waals surface area contributed by atoms with Gasteiger partial charge in [0.25, 0.3) is 0 Å². The van der Waals surface area contributed by atoms with E-state index in [-0.39, 0.29) is 0 Å². The summed E-state index contributed by atoms with van der Waals surface area (Å²) in [6.45, 7) is 2.58. The number of hydrogen-bond acceptors (Lipinski definition) is 5. The van der Waals surface area contributed by atoms with Crippen LogP contribution in [0.3, 0.4) is 0 Å². The van der Waals surface area contributed by atoms with Crippen LogP contribution in [0.4, 0.5) is 5.82 Å². The lowest BCUT2D eigenvalue weighted by Crippen LogP contribution is -2.24. The second kappa shape index (κ2) is 5.51. The van der Waals surface area contributed by atoms with Crippen molar-refractivity contribution in [1.29, 1.82) is 0 Å². The SMILES string of the molecule is COCC(O)CNc1nccnc1C. The molecule has 14 heavy (non-hydrogen) atoms. The van der Waals surface area contributed by atoms with Gasteiger partial charge in [0.05, 0.1) is 18.4 Å². The van der Waals surface area contributed by atoms with Crippen molar-refractivity contribution >= 4 is 5.82 Å². The molecule has 0 aliphatic carbocycles. The lowest BCUT2D eigenvalue weighted by atomic mass is 10.3. The number of ether oxygens (including phenoxy) is 1. The smallest absolute Gasteiger partial charge is 0.147 e. The largest absolute Gasteiger partial charge is 0.389 e. The zero-order valence-corrected chi connectivity index (χ0v) is 8.40. The number of nitrogens with zero attached hydrogens (tertiary/aromatic N) is 2. The first-order chi connectivity index (χ1) is 6.74. The molecule has 0 radical (unpaired) electrons. The van der Waals surface area contributed by atoms with Crippen LogP contribution in [-0.4, -0.2) is 41.4 Å². The van der Waals surface area contributed by atoms with Gasteiger partial charge < -0.3 is 15.2 Å². The minimum absolute atomic E-state index is 0.312. The number of rotatable bonds is 5. The molecule has 5 heteroatoms. The monoisotopic (exact) mass is 197 g/mol. The Morgan fingerprint density at radius 3 is 2.86 bits per heavy atom. The summed E-state index contributed by atoms with van der Waals surface area (Å²) in [5.41, 5.74) is 0.817. The lowest BCUT2D eigenvalue weighted by molar-refractivity contribution is 0.0727. The maximum absolute atomic E-state index is 9.37. The Kier molecular flexibility index (Phi) is 4.28. The van der Waals surface area contributed by atoms with E-state index in [0.717, 1.165) is 5.69 Å². The van der Waals surface area contributed by atoms with Gasteiger partial charge in [0.2, 0.25) is 0 Å². The van der Waals surface area contributed by atoms with Crippen LogP contribution in [0.15, 0.2) is 12.4 Å². The highest BCUT2D eigenvalue weighted by molar-refractivity contribution is 5.38. The number of nitrogens with one attached hydrogen (secondary N) is 1. The van der Waals surface area contributed by atoms with Crippen LogP contribution in [0.2, 0.25) is 0 Å². The van der Waals surface area contributed by atoms with Gasteiger partial charge >= 0.3 is 0 Å². The summed E-state index contributed by atoms with van der Waals surface area (Å²) in [5.74, 6) is 0.697. The van der Waals surface area contributed by atoms with Gasteiger partial charge in [0.15, 0.2) is 0 Å². The molecule has 0 aliphatic heterocycles. The summed E-state index contributed by atoms with van der Waals surface area (Å²) >= 11 is 0. The molecule has 1 rings (SSSR count). The predicted molar refractivity (Wildman–Crippen MR) is 53.1 cm³/mol. The molecular formula is C9H15N3O2. The lowest BCUT2D eigenvalue weighted by Gasteiger charge is -2.11. The van der Waals surface area contributed by atoms with Crippen LogP contribution in [0, 0.1) is 6.92 Å². The molecule has 0 aromatic carbocycles. The molecule has 78 valence electrons. The standard InChI is InChI=1S/C9H15N3O2/c1-7-9(11-4-3-10-7)12-5-8(13)6-14-2/h3-4,8,13H,5-6H2,1-2H3,(H,11,12). The third kappa shape index (κ3) is 3.27. The first-order valence-corrected chi connectivity index (χ1v) is 4.42. The first-order valence-electron chi connectivity index (χ1n) is 4.42. The molecule has 0 bridgehead atoms. The zero-order chi connectivity index (χ0) is 10.4. The van der Waals surface area contributed by atoms with Crippen molar-refractivity contribution in [2.75, 3.05) is 25.6 Å². The maximum atomic E-state index is 9.37. The van der Waals surface area contributed by atoms with E-state index in [1.54, 1.807) is 19.5 Å². The van der Waals surface area contributed by atoms with Gasteiger partial charge in [-0.3, -0.25) is 4.98 Å². The molecule has 0 spiro atoms. The van der Waals surface area contributed by atoms with Gasteiger partial charge in [0, 0.05) is 26.0 Å². The summed E-state index contributed by atoms with van der Waals surface area (Å²) in [6, 6.07) is 0. The highest BCUT2D eigenvalue weighted by Crippen LogP contribution is 2.05. The van der Waals surface area contributed by atoms with E-state index in [1.807, 2.05) is 6.92 Å². The van der Waals surface area contributed by atoms with Gasteiger partial charge in [-0.2, -0.15) is 0 Å². The molecule has 0 saturated heterocycles. The van der Waals surface area contributed by atoms with Crippen molar-refractivity contribution in [3.8, 4) is 0 Å². The van der Waals surface area contributed by atoms with E-state index in [2.05, 4.69) is 15.3 Å². The van der Waals surface area contributed by atoms with Crippen molar-refractivity contribution in [2.24, 2.45) is 0 Å². The topological polar surface area (TPSA) is 67.3 Å². The molecule has 1 aromatic heterocycles. The zero-order valence-electron chi connectivity index (χ0n) is 8.40. The molecule has 0 saturated carbocycles. The first kappa shape index (κ1) is 10.9. The van der Waals surface area contributed by atoms with E-state index in [1.165, 1.54) is 0 Å². The predicted octanol–water partition coefficient (Wildman–Crippen LogP) is 0.204. The third-order valence-corrected chi connectivity index (χ3v) is 1.75. The number of hydrogen-bond donors (Lipinski definition) is 2. The van der Waals surface area contributed by atoms with Crippen LogP contribution < -0.4 is 5.32 Å². The number of aliphatic hydroxyl groups is 1. The average molecular weight is 197 g/mol. The average Bonchev–Trinajstić information content (AvgIpc) is 2.17. The van der Waals surface area contributed by atoms with Crippen LogP contribution in [-0.2, 0) is 4.74 Å². The summed E-state index contributed by atoms with van der Waals surface area (Å²) in [4.78, 5) is 8.15. The highest BCUT2D eigenvalue weighted by atomic mass is 16.5. The summed E-state index contributed by atoms with van der Waals surface area (Å²) in [5, 5.41) is 12.4. The number of anilines is 1. The quantitative estimate of drug-likeness (QED) is 0.706. The number of aromatic nitrogens is 2. The summed E-state index contributed by atoms with van der Waals surface area (Å²) in [6.07, 6.45) is 2.71. The minimum Gasteiger partial charge on any atom is -0.389 e. The number of aryl methyl sites for hydroxylation is 1. The Bertz CT molecular complexity index is 281. The minimum atomic E-state index is -0.526. The van der Waals surface area contributed by atoms with Gasteiger partial charge in [-0.25, -0.2) is 4.98 Å². The molecule has 1 unspecified atom stereocenters. The Balaban J connectivity index is 2.41. The van der Waals surface area contributed by atoms with E-state index < -0.39 is 6.10 Å². The number of methoxy groups -OCH3 is 1. The third-order valence-electron chi connectivity index (χ3n) is 1.75. The fourth-order valence-corrected chi connectivity index (χ4v) is 1.05. The Labute approximate surface area is 83.2 Å². The van der Waals surface area contributed by atoms with Crippen molar-refractivity contribution in [3.63, 3.8) is 0 Å². The molecule has 0 fully saturated rings. The maximum Gasteiger partial charge on any atom is 0.147 e. The molecule has 1 heterocycles. The molecular weight excluding hydrogens is 182 g/mol. The summed E-state index contributed by atoms with van der Waals surface area (Å²) < 4.78 is 4.80. The van der Waals surface area contributed by atoms with Crippen LogP contribution in [0.25, 0.3) is 0 Å². The van der Waals surface area contributed by atoms with Crippen LogP contribution in [0.1, 0.15) is 5.69 Å². The van der Waals surface area contributed by atoms with E-state index in [4.69, 9.17) is 4.74 Å². The molecule has 1 aromatic rings. The van der Waals surface area contributed by atoms with Crippen molar-refractivity contribution < 1.29 is 9.84 Å². The van der Waals surface area contributed by atoms with Crippen molar-refractivity contribution in [2.45, 2.75) is 13.0 Å². The number of aliphatic hydroxyl groups excluding tert-OH is 1. The van der Waals surface area contributed by atoms with Gasteiger partial charge in [-0.15, -0.1) is 0 Å². The molecule has 0 amide bonds. The van der Waals surface area contributed by atoms with Crippen LogP contribution in [0.5, 0.6) is 0 Å². The molecule has 1 atom stereocenters. The highest BCUT2D eigenvalue weighted by Gasteiger charge is 2.04. The van der Waals surface area contributed by atoms with Gasteiger partial charge in [-0.05, 0) is 6.92 Å². The molecule has 2 N–H and O–H groups in total. The normalized spacial score (nSPS) is 12.5. The summed E-state index contributed by atoms with van der Waals surface area (Å²) in [7, 11) is 1.55. The van der Waals surface area contributed by atoms with E-state index in [9.17, 15) is 5.11 Å². The fourth-order valence-electron chi connectivity index (χ4n) is 1.05. The van der Waals surface area contributed by atoms with E-state index in [0.29, 0.717) is 19.0 Å². The Morgan fingerprint density at radius 2 is 2.21 bits per heavy atom. The van der Waals surface area contributed by atoms with Crippen molar-refractivity contribution in [1.82, 2.24) is 9.97 Å². The Hall–Kier alpha value is -1.20. The van der Waals surface area contributed by atoms with Crippen LogP contribution >= 0.6 is 0 Å². The Morgan fingerprint density at radius 1 is 1.50 bits per heavy atom.